The van der Waals surface area contributed by atoms with Crippen molar-refractivity contribution >= 4 is 5.97 Å². The molecule has 0 radical (unpaired) electrons. The van der Waals surface area contributed by atoms with Gasteiger partial charge in [0.1, 0.15) is 0 Å². The molecule has 0 aliphatic rings. The number of allylic oxidation sites excluding steroid dienone is 2. The fourth-order valence-corrected chi connectivity index (χ4v) is 2.39. The Hall–Kier alpha value is -0.860. The Morgan fingerprint density at radius 2 is 1.38 bits per heavy atom. The van der Waals surface area contributed by atoms with Crippen LogP contribution in [-0.2, 0) is 4.79 Å². The van der Waals surface area contributed by atoms with Crippen LogP contribution in [-0.4, -0.2) is 11.1 Å². The summed E-state index contributed by atoms with van der Waals surface area (Å²) < 4.78 is 13.5. The van der Waals surface area contributed by atoms with Crippen molar-refractivity contribution in [2.75, 3.05) is 0 Å². The van der Waals surface area contributed by atoms with Gasteiger partial charge in [-0.3, -0.25) is 4.79 Å². The minimum Gasteiger partial charge on any atom is -0.481 e. The molecule has 0 aliphatic carbocycles. The molecule has 0 heterocycles. The van der Waals surface area contributed by atoms with E-state index in [1.165, 1.54) is 32.1 Å². The van der Waals surface area contributed by atoms with Crippen LogP contribution in [0.5, 0.6) is 0 Å². The van der Waals surface area contributed by atoms with Crippen molar-refractivity contribution in [2.24, 2.45) is 0 Å². The van der Waals surface area contributed by atoms with E-state index in [-0.39, 0.29) is 12.2 Å². The average Bonchev–Trinajstić information content (AvgIpc) is 2.45. The topological polar surface area (TPSA) is 37.3 Å². The van der Waals surface area contributed by atoms with Crippen LogP contribution in [0.3, 0.4) is 0 Å². The van der Waals surface area contributed by atoms with E-state index in [0.29, 0.717) is 6.42 Å². The van der Waals surface area contributed by atoms with Crippen LogP contribution < -0.4 is 0 Å². The van der Waals surface area contributed by atoms with Gasteiger partial charge in [0.15, 0.2) is 0 Å². The van der Waals surface area contributed by atoms with Gasteiger partial charge in [0, 0.05) is 6.42 Å². The first-order valence-electron chi connectivity index (χ1n) is 8.73. The third-order valence-electron chi connectivity index (χ3n) is 3.73. The molecule has 2 nitrogen and oxygen atoms in total. The molecule has 0 amide bonds. The predicted molar refractivity (Wildman–Crippen MR) is 87.1 cm³/mol. The second kappa shape index (κ2) is 15.5. The van der Waals surface area contributed by atoms with Gasteiger partial charge in [-0.15, -0.1) is 0 Å². The number of unbranched alkanes of at least 4 members (excludes halogenated alkanes) is 10. The van der Waals surface area contributed by atoms with E-state index in [4.69, 9.17) is 5.11 Å². The summed E-state index contributed by atoms with van der Waals surface area (Å²) in [7, 11) is 0. The number of carboxylic acid groups (broad SMARTS) is 1. The molecule has 21 heavy (non-hydrogen) atoms. The number of hydrogen-bond acceptors (Lipinski definition) is 1. The molecule has 0 unspecified atom stereocenters. The van der Waals surface area contributed by atoms with Gasteiger partial charge >= 0.3 is 5.97 Å². The highest BCUT2D eigenvalue weighted by Crippen LogP contribution is 2.15. The zero-order valence-electron chi connectivity index (χ0n) is 13.7. The van der Waals surface area contributed by atoms with Crippen molar-refractivity contribution in [3.05, 3.63) is 11.9 Å². The Kier molecular flexibility index (Phi) is 14.9. The summed E-state index contributed by atoms with van der Waals surface area (Å²) in [4.78, 5) is 10.3. The van der Waals surface area contributed by atoms with Gasteiger partial charge in [0.25, 0.3) is 0 Å². The molecular weight excluding hydrogens is 267 g/mol. The number of carboxylic acids is 1. The van der Waals surface area contributed by atoms with Crippen LogP contribution in [0.1, 0.15) is 96.8 Å². The Labute approximate surface area is 129 Å². The maximum Gasteiger partial charge on any atom is 0.303 e. The van der Waals surface area contributed by atoms with Crippen molar-refractivity contribution in [1.82, 2.24) is 0 Å². The summed E-state index contributed by atoms with van der Waals surface area (Å²) >= 11 is 0. The molecule has 0 saturated carbocycles. The minimum atomic E-state index is -0.723. The molecule has 0 fully saturated rings. The molecule has 0 aromatic rings. The average molecular weight is 300 g/mol. The smallest absolute Gasteiger partial charge is 0.303 e. The summed E-state index contributed by atoms with van der Waals surface area (Å²) in [5, 5.41) is 8.49. The number of carbonyl (C=O) groups is 1. The molecule has 0 aromatic carbocycles. The van der Waals surface area contributed by atoms with Crippen molar-refractivity contribution in [2.45, 2.75) is 96.8 Å². The molecule has 0 saturated heterocycles. The lowest BCUT2D eigenvalue weighted by atomic mass is 10.1. The first-order chi connectivity index (χ1) is 10.2. The number of hydrogen-bond donors (Lipinski definition) is 1. The number of halogens is 1. The fraction of sp³-hybridized carbons (Fsp3) is 0.833. The maximum absolute atomic E-state index is 13.5. The van der Waals surface area contributed by atoms with E-state index in [1.54, 1.807) is 6.08 Å². The minimum absolute atomic E-state index is 0.0362. The maximum atomic E-state index is 13.5. The summed E-state index contributed by atoms with van der Waals surface area (Å²) in [5.41, 5.74) is 0. The standard InChI is InChI=1S/C18H33FO2/c1-2-3-4-5-6-8-11-14-17(19)15-12-9-7-10-13-16-18(20)21/h14H,2-13,15-16H2,1H3,(H,20,21). The summed E-state index contributed by atoms with van der Waals surface area (Å²) in [6.45, 7) is 2.21. The number of aliphatic carboxylic acids is 1. The van der Waals surface area contributed by atoms with Gasteiger partial charge in [-0.1, -0.05) is 64.4 Å². The van der Waals surface area contributed by atoms with Gasteiger partial charge in [-0.25, -0.2) is 4.39 Å². The third-order valence-corrected chi connectivity index (χ3v) is 3.73. The van der Waals surface area contributed by atoms with Crippen LogP contribution in [0, 0.1) is 0 Å². The molecule has 0 rings (SSSR count). The summed E-state index contributed by atoms with van der Waals surface area (Å²) in [6, 6.07) is 0. The lowest BCUT2D eigenvalue weighted by molar-refractivity contribution is -0.137. The zero-order valence-corrected chi connectivity index (χ0v) is 13.7. The number of rotatable bonds is 15. The molecular formula is C18H33FO2. The molecule has 0 aromatic heterocycles. The predicted octanol–water partition coefficient (Wildman–Crippen LogP) is 6.41. The molecule has 0 bridgehead atoms. The highest BCUT2D eigenvalue weighted by molar-refractivity contribution is 5.66. The molecule has 1 N–H and O–H groups in total. The second-order valence-electron chi connectivity index (χ2n) is 5.87. The van der Waals surface area contributed by atoms with Crippen LogP contribution in [0.15, 0.2) is 11.9 Å². The van der Waals surface area contributed by atoms with Gasteiger partial charge in [-0.2, -0.15) is 0 Å². The fourth-order valence-electron chi connectivity index (χ4n) is 2.39. The molecule has 124 valence electrons. The van der Waals surface area contributed by atoms with E-state index in [1.807, 2.05) is 0 Å². The molecule has 3 heteroatoms. The molecule has 0 aliphatic heterocycles. The monoisotopic (exact) mass is 300 g/mol. The van der Waals surface area contributed by atoms with Crippen LogP contribution in [0.2, 0.25) is 0 Å². The van der Waals surface area contributed by atoms with Crippen LogP contribution in [0.4, 0.5) is 4.39 Å². The van der Waals surface area contributed by atoms with Crippen molar-refractivity contribution in [3.63, 3.8) is 0 Å². The molecule has 0 spiro atoms. The van der Waals surface area contributed by atoms with E-state index >= 15 is 0 Å². The highest BCUT2D eigenvalue weighted by atomic mass is 19.1. The quantitative estimate of drug-likeness (QED) is 0.355. The first kappa shape index (κ1) is 20.1. The first-order valence-corrected chi connectivity index (χ1v) is 8.73. The SMILES string of the molecule is CCCCCCCCC=C(F)CCCCCCCC(=O)O. The van der Waals surface area contributed by atoms with Crippen LogP contribution in [0.25, 0.3) is 0 Å². The van der Waals surface area contributed by atoms with Crippen molar-refractivity contribution in [1.29, 1.82) is 0 Å². The third kappa shape index (κ3) is 17.1. The van der Waals surface area contributed by atoms with E-state index in [9.17, 15) is 9.18 Å². The van der Waals surface area contributed by atoms with Gasteiger partial charge in [0.05, 0.1) is 5.83 Å². The normalized spacial score (nSPS) is 11.8. The van der Waals surface area contributed by atoms with E-state index in [2.05, 4.69) is 6.92 Å². The largest absolute Gasteiger partial charge is 0.481 e. The summed E-state index contributed by atoms with van der Waals surface area (Å²) in [6.07, 6.45) is 15.5. The Morgan fingerprint density at radius 1 is 0.857 bits per heavy atom. The van der Waals surface area contributed by atoms with Gasteiger partial charge in [-0.05, 0) is 32.1 Å². The van der Waals surface area contributed by atoms with E-state index in [0.717, 1.165) is 44.9 Å². The van der Waals surface area contributed by atoms with Crippen LogP contribution >= 0.6 is 0 Å². The van der Waals surface area contributed by atoms with Crippen molar-refractivity contribution in [3.8, 4) is 0 Å². The second-order valence-corrected chi connectivity index (χ2v) is 5.87. The Balaban J connectivity index is 3.30. The highest BCUT2D eigenvalue weighted by Gasteiger charge is 1.98. The zero-order chi connectivity index (χ0) is 15.8. The van der Waals surface area contributed by atoms with Gasteiger partial charge < -0.3 is 5.11 Å². The van der Waals surface area contributed by atoms with Crippen molar-refractivity contribution < 1.29 is 14.3 Å². The van der Waals surface area contributed by atoms with E-state index < -0.39 is 5.97 Å². The Morgan fingerprint density at radius 3 is 2.00 bits per heavy atom. The lowest BCUT2D eigenvalue weighted by Gasteiger charge is -2.01. The Bertz CT molecular complexity index is 274. The lowest BCUT2D eigenvalue weighted by Crippen LogP contribution is -1.93. The summed E-state index contributed by atoms with van der Waals surface area (Å²) in [5.74, 6) is -0.687. The molecule has 0 atom stereocenters. The van der Waals surface area contributed by atoms with Gasteiger partial charge in [0.2, 0.25) is 0 Å².